The Labute approximate surface area is 261 Å². The number of benzene rings is 1. The van der Waals surface area contributed by atoms with E-state index in [1.165, 1.54) is 18.6 Å². The van der Waals surface area contributed by atoms with Crippen LogP contribution >= 0.6 is 0 Å². The van der Waals surface area contributed by atoms with Gasteiger partial charge in [0.05, 0.1) is 42.9 Å². The summed E-state index contributed by atoms with van der Waals surface area (Å²) in [5.41, 5.74) is 4.09. The first kappa shape index (κ1) is 28.5. The number of pyridine rings is 1. The van der Waals surface area contributed by atoms with Crippen molar-refractivity contribution in [2.45, 2.75) is 64.3 Å². The van der Waals surface area contributed by atoms with Crippen molar-refractivity contribution in [2.24, 2.45) is 11.8 Å². The molecule has 0 spiro atoms. The van der Waals surface area contributed by atoms with Gasteiger partial charge < -0.3 is 28.3 Å². The van der Waals surface area contributed by atoms with Gasteiger partial charge in [0.25, 0.3) is 0 Å². The predicted molar refractivity (Wildman–Crippen MR) is 169 cm³/mol. The fourth-order valence-corrected chi connectivity index (χ4v) is 8.12. The van der Waals surface area contributed by atoms with E-state index >= 15 is 0 Å². The summed E-state index contributed by atoms with van der Waals surface area (Å²) in [7, 11) is 1.68. The van der Waals surface area contributed by atoms with Gasteiger partial charge in [-0.15, -0.1) is 0 Å². The van der Waals surface area contributed by atoms with Gasteiger partial charge in [0.1, 0.15) is 23.1 Å². The number of methoxy groups -OCH3 is 1. The highest BCUT2D eigenvalue weighted by Gasteiger charge is 2.60. The lowest BCUT2D eigenvalue weighted by atomic mass is 9.59. The molecular weight excluding hydrogens is 572 g/mol. The van der Waals surface area contributed by atoms with Gasteiger partial charge in [-0.1, -0.05) is 24.3 Å². The van der Waals surface area contributed by atoms with E-state index in [4.69, 9.17) is 28.3 Å². The van der Waals surface area contributed by atoms with Crippen molar-refractivity contribution in [3.05, 3.63) is 74.3 Å². The number of fused-ring (bicyclic) bond motifs is 1. The van der Waals surface area contributed by atoms with Crippen LogP contribution in [0.5, 0.6) is 11.5 Å². The Morgan fingerprint density at radius 1 is 1.16 bits per heavy atom. The predicted octanol–water partition coefficient (Wildman–Crippen LogP) is 5.67. The normalized spacial score (nSPS) is 24.8. The number of allylic oxidation sites excluding steroid dienone is 2. The summed E-state index contributed by atoms with van der Waals surface area (Å²) >= 11 is 0. The number of ether oxygens (including phenoxy) is 4. The highest BCUT2D eigenvalue weighted by molar-refractivity contribution is 6.08. The van der Waals surface area contributed by atoms with Gasteiger partial charge in [-0.2, -0.15) is 0 Å². The van der Waals surface area contributed by atoms with Gasteiger partial charge in [0.2, 0.25) is 0 Å². The summed E-state index contributed by atoms with van der Waals surface area (Å²) in [6.07, 6.45) is 9.93. The third kappa shape index (κ3) is 4.38. The summed E-state index contributed by atoms with van der Waals surface area (Å²) in [5, 5.41) is 0.369. The number of nitrogens with zero attached hydrogens (tertiary/aromatic N) is 2. The summed E-state index contributed by atoms with van der Waals surface area (Å²) in [6.45, 7) is 7.58. The molecule has 1 unspecified atom stereocenters. The smallest absolute Gasteiger partial charge is 0.196 e. The molecule has 0 radical (unpaired) electrons. The number of rotatable bonds is 9. The van der Waals surface area contributed by atoms with Crippen LogP contribution in [0.1, 0.15) is 65.5 Å². The Balaban J connectivity index is 1.27. The van der Waals surface area contributed by atoms with Crippen LogP contribution in [0.4, 0.5) is 5.82 Å². The molecule has 9 nitrogen and oxygen atoms in total. The van der Waals surface area contributed by atoms with Crippen LogP contribution in [-0.2, 0) is 14.9 Å². The van der Waals surface area contributed by atoms with Gasteiger partial charge >= 0.3 is 0 Å². The van der Waals surface area contributed by atoms with Crippen LogP contribution in [-0.4, -0.2) is 56.6 Å². The molecule has 1 saturated carbocycles. The quantitative estimate of drug-likeness (QED) is 0.284. The number of carbonyl (C=O) groups is 1. The van der Waals surface area contributed by atoms with Crippen LogP contribution in [0.2, 0.25) is 0 Å². The van der Waals surface area contributed by atoms with Crippen molar-refractivity contribution >= 4 is 28.6 Å². The van der Waals surface area contributed by atoms with Gasteiger partial charge in [0, 0.05) is 24.7 Å². The molecule has 3 aliphatic carbocycles. The van der Waals surface area contributed by atoms with E-state index in [1.54, 1.807) is 14.0 Å². The summed E-state index contributed by atoms with van der Waals surface area (Å²) < 4.78 is 31.0. The third-order valence-electron chi connectivity index (χ3n) is 10.3. The molecule has 45 heavy (non-hydrogen) atoms. The Kier molecular flexibility index (Phi) is 6.69. The zero-order valence-electron chi connectivity index (χ0n) is 26.2. The van der Waals surface area contributed by atoms with Crippen molar-refractivity contribution in [2.75, 3.05) is 38.3 Å². The van der Waals surface area contributed by atoms with E-state index in [0.717, 1.165) is 48.4 Å². The highest BCUT2D eigenvalue weighted by atomic mass is 16.7. The lowest BCUT2D eigenvalue weighted by Gasteiger charge is -2.46. The zero-order chi connectivity index (χ0) is 31.0. The van der Waals surface area contributed by atoms with E-state index in [2.05, 4.69) is 29.2 Å². The number of hydrogen-bond donors (Lipinski definition) is 0. The number of aromatic nitrogens is 1. The molecule has 0 bridgehead atoms. The van der Waals surface area contributed by atoms with E-state index in [1.807, 2.05) is 13.0 Å². The number of Topliss-reactive ketones (excluding diaryl/α,β-unsaturated/α-hetero) is 1. The number of anilines is 1. The molecule has 4 heterocycles. The molecule has 3 atom stereocenters. The maximum atomic E-state index is 13.6. The second-order valence-electron chi connectivity index (χ2n) is 13.1. The summed E-state index contributed by atoms with van der Waals surface area (Å²) in [6, 6.07) is 5.58. The highest BCUT2D eigenvalue weighted by Crippen LogP contribution is 2.61. The Hall–Kier alpha value is -3.95. The first-order valence-electron chi connectivity index (χ1n) is 16.0. The number of carbonyl (C=O) groups excluding carboxylic acids is 1. The van der Waals surface area contributed by atoms with Crippen molar-refractivity contribution in [1.29, 1.82) is 0 Å². The average Bonchev–Trinajstić information content (AvgIpc) is 3.52. The molecule has 9 heteroatoms. The van der Waals surface area contributed by atoms with Crippen molar-refractivity contribution in [3.63, 3.8) is 0 Å². The molecule has 0 amide bonds. The van der Waals surface area contributed by atoms with E-state index in [9.17, 15) is 9.59 Å². The maximum absolute atomic E-state index is 13.6. The SMILES string of the molecule is COc1ccc2c3c1O[C@H]1C(C4OCCO4)CC=C(C=C2)[C@@]31CCN(CC1CC1)c1nc(C)c(C(C)=O)c2oc(C)cc(=O)c12. The molecule has 1 aromatic carbocycles. The fourth-order valence-electron chi connectivity index (χ4n) is 8.12. The van der Waals surface area contributed by atoms with Gasteiger partial charge in [-0.25, -0.2) is 4.98 Å². The standard InChI is InChI=1S/C36H38N2O7/c1-19-17-26(40)29-32(44-19)28(21(3)39)20(2)37-34(29)38(18-22-5-6-22)14-13-36-24-9-7-23-8-12-27(41-4)31(30(23)36)45-33(36)25(11-10-24)35-42-15-16-43-35/h7-10,12,17,22,25,33,35H,5-6,11,13-16,18H2,1-4H3/t25?,33-,36-/m0/s1. The van der Waals surface area contributed by atoms with Gasteiger partial charge in [-0.05, 0) is 69.6 Å². The number of aryl methyl sites for hydroxylation is 2. The minimum atomic E-state index is -0.473. The van der Waals surface area contributed by atoms with Crippen LogP contribution in [0.15, 0.2) is 45.1 Å². The first-order chi connectivity index (χ1) is 21.8. The average molecular weight is 611 g/mol. The second kappa shape index (κ2) is 10.6. The lowest BCUT2D eigenvalue weighted by molar-refractivity contribution is -0.119. The maximum Gasteiger partial charge on any atom is 0.196 e. The Morgan fingerprint density at radius 2 is 1.96 bits per heavy atom. The van der Waals surface area contributed by atoms with Crippen LogP contribution < -0.4 is 19.8 Å². The van der Waals surface area contributed by atoms with Crippen LogP contribution in [0.25, 0.3) is 17.0 Å². The largest absolute Gasteiger partial charge is 0.493 e. The second-order valence-corrected chi connectivity index (χ2v) is 13.1. The molecular formula is C36H38N2O7. The van der Waals surface area contributed by atoms with Gasteiger partial charge in [-0.3, -0.25) is 9.59 Å². The minimum Gasteiger partial charge on any atom is -0.493 e. The van der Waals surface area contributed by atoms with Crippen molar-refractivity contribution in [1.82, 2.24) is 4.98 Å². The Morgan fingerprint density at radius 3 is 2.69 bits per heavy atom. The summed E-state index contributed by atoms with van der Waals surface area (Å²) in [5.74, 6) is 2.90. The van der Waals surface area contributed by atoms with Crippen molar-refractivity contribution in [3.8, 4) is 11.5 Å². The Bertz CT molecular complexity index is 1850. The van der Waals surface area contributed by atoms with Gasteiger partial charge in [0.15, 0.2) is 34.6 Å². The lowest BCUT2D eigenvalue weighted by Crippen LogP contribution is -2.52. The van der Waals surface area contributed by atoms with Crippen molar-refractivity contribution < 1.29 is 28.2 Å². The molecule has 234 valence electrons. The molecule has 8 rings (SSSR count). The molecule has 3 aromatic rings. The molecule has 2 aliphatic heterocycles. The molecule has 1 saturated heterocycles. The zero-order valence-corrected chi connectivity index (χ0v) is 26.2. The number of hydrogen-bond acceptors (Lipinski definition) is 9. The molecule has 2 aromatic heterocycles. The first-order valence-corrected chi connectivity index (χ1v) is 16.0. The van der Waals surface area contributed by atoms with E-state index < -0.39 is 5.41 Å². The monoisotopic (exact) mass is 610 g/mol. The fraction of sp³-hybridized carbons (Fsp3) is 0.472. The van der Waals surface area contributed by atoms with Crippen LogP contribution in [0.3, 0.4) is 0 Å². The van der Waals surface area contributed by atoms with E-state index in [0.29, 0.717) is 65.9 Å². The van der Waals surface area contributed by atoms with E-state index in [-0.39, 0.29) is 29.5 Å². The number of ketones is 1. The molecule has 0 N–H and O–H groups in total. The minimum absolute atomic E-state index is 0.00402. The topological polar surface area (TPSA) is 100 Å². The van der Waals surface area contributed by atoms with Crippen LogP contribution in [0, 0.1) is 25.7 Å². The third-order valence-corrected chi connectivity index (χ3v) is 10.3. The summed E-state index contributed by atoms with van der Waals surface area (Å²) in [4.78, 5) is 33.6. The molecule has 5 aliphatic rings. The molecule has 2 fully saturated rings.